The van der Waals surface area contributed by atoms with E-state index in [9.17, 15) is 5.26 Å². The van der Waals surface area contributed by atoms with E-state index < -0.39 is 0 Å². The smallest absolute Gasteiger partial charge is 0.187 e. The Balaban J connectivity index is 0.000000346. The summed E-state index contributed by atoms with van der Waals surface area (Å²) in [5.41, 5.74) is 10.3. The summed E-state index contributed by atoms with van der Waals surface area (Å²) in [5.74, 6) is 0. The first-order valence-corrected chi connectivity index (χ1v) is 16.7. The molecule has 0 amide bonds. The van der Waals surface area contributed by atoms with Crippen LogP contribution in [-0.2, 0) is 32.5 Å². The first-order valence-electron chi connectivity index (χ1n) is 16.7. The highest BCUT2D eigenvalue weighted by Crippen LogP contribution is 2.37. The second-order valence-electron chi connectivity index (χ2n) is 18.7. The summed E-state index contributed by atoms with van der Waals surface area (Å²) < 4.78 is 0. The molecule has 3 aromatic rings. The first kappa shape index (κ1) is 40.7. The van der Waals surface area contributed by atoms with Crippen molar-refractivity contribution >= 4 is 5.69 Å². The molecule has 0 aliphatic carbocycles. The molecule has 0 bridgehead atoms. The van der Waals surface area contributed by atoms with Gasteiger partial charge < -0.3 is 0 Å². The van der Waals surface area contributed by atoms with Gasteiger partial charge in [0.05, 0.1) is 18.2 Å². The summed E-state index contributed by atoms with van der Waals surface area (Å²) in [6.07, 6.45) is 0. The van der Waals surface area contributed by atoms with Gasteiger partial charge in [-0.1, -0.05) is 179 Å². The average molecular weight is 621 g/mol. The van der Waals surface area contributed by atoms with Crippen molar-refractivity contribution < 1.29 is 0 Å². The van der Waals surface area contributed by atoms with E-state index in [2.05, 4.69) is 172 Å². The van der Waals surface area contributed by atoms with Crippen LogP contribution >= 0.6 is 0 Å². The summed E-state index contributed by atoms with van der Waals surface area (Å²) >= 11 is 0. The van der Waals surface area contributed by atoms with Crippen LogP contribution in [0.2, 0.25) is 0 Å². The Kier molecular flexibility index (Phi) is 12.9. The molecule has 0 N–H and O–H groups in total. The van der Waals surface area contributed by atoms with Crippen LogP contribution in [0.3, 0.4) is 0 Å². The molecule has 0 spiro atoms. The van der Waals surface area contributed by atoms with Crippen LogP contribution in [0, 0.1) is 17.9 Å². The number of hydrogen-bond donors (Lipinski definition) is 0. The SMILES string of the molecule is CC(C)(C)c1cccc(C#N)c1C(C)(C)C.CC(C)(C)c1ccccc1C(C)(C)C.[C-]#[N+]c1ccc(C(C)(C)C)c(C(C)(C)C)c1. The molecule has 3 aromatic carbocycles. The lowest BCUT2D eigenvalue weighted by Crippen LogP contribution is -2.23. The number of benzene rings is 3. The van der Waals surface area contributed by atoms with Gasteiger partial charge in [0.2, 0.25) is 0 Å². The summed E-state index contributed by atoms with van der Waals surface area (Å²) in [4.78, 5) is 3.52. The van der Waals surface area contributed by atoms with E-state index >= 15 is 0 Å². The van der Waals surface area contributed by atoms with Crippen LogP contribution in [0.5, 0.6) is 0 Å². The molecular weight excluding hydrogens is 556 g/mol. The van der Waals surface area contributed by atoms with Crippen LogP contribution in [0.15, 0.2) is 60.7 Å². The van der Waals surface area contributed by atoms with Gasteiger partial charge in [-0.2, -0.15) is 5.26 Å². The van der Waals surface area contributed by atoms with E-state index in [1.54, 1.807) is 0 Å². The molecule has 2 heteroatoms. The third kappa shape index (κ3) is 11.5. The highest BCUT2D eigenvalue weighted by Gasteiger charge is 2.28. The Labute approximate surface area is 284 Å². The number of hydrogen-bond acceptors (Lipinski definition) is 1. The largest absolute Gasteiger partial charge is 0.238 e. The highest BCUT2D eigenvalue weighted by molar-refractivity contribution is 5.53. The quantitative estimate of drug-likeness (QED) is 0.230. The molecule has 0 saturated heterocycles. The fourth-order valence-electron chi connectivity index (χ4n) is 5.75. The number of rotatable bonds is 0. The van der Waals surface area contributed by atoms with Gasteiger partial charge in [0.15, 0.2) is 5.69 Å². The fourth-order valence-corrected chi connectivity index (χ4v) is 5.75. The van der Waals surface area contributed by atoms with Gasteiger partial charge >= 0.3 is 0 Å². The van der Waals surface area contributed by atoms with Gasteiger partial charge in [-0.25, -0.2) is 4.85 Å². The van der Waals surface area contributed by atoms with E-state index in [0.717, 1.165) is 11.3 Å². The summed E-state index contributed by atoms with van der Waals surface area (Å²) in [5, 5.41) is 9.22. The van der Waals surface area contributed by atoms with Crippen molar-refractivity contribution in [3.63, 3.8) is 0 Å². The lowest BCUT2D eigenvalue weighted by atomic mass is 9.73. The van der Waals surface area contributed by atoms with Crippen molar-refractivity contribution in [2.24, 2.45) is 0 Å². The Morgan fingerprint density at radius 2 is 0.826 bits per heavy atom. The molecule has 2 nitrogen and oxygen atoms in total. The number of nitriles is 1. The van der Waals surface area contributed by atoms with Gasteiger partial charge in [0.25, 0.3) is 0 Å². The predicted octanol–water partition coefficient (Wildman–Crippen LogP) is 13.3. The third-order valence-corrected chi connectivity index (χ3v) is 8.03. The second kappa shape index (κ2) is 14.6. The topological polar surface area (TPSA) is 28.1 Å². The van der Waals surface area contributed by atoms with E-state index in [1.807, 2.05) is 24.3 Å². The molecule has 0 aliphatic rings. The molecule has 0 fully saturated rings. The number of nitrogens with zero attached hydrogens (tertiary/aromatic N) is 2. The minimum absolute atomic E-state index is 0.00887. The summed E-state index contributed by atoms with van der Waals surface area (Å²) in [6.45, 7) is 47.1. The molecule has 0 aromatic heterocycles. The van der Waals surface area contributed by atoms with Crippen molar-refractivity contribution in [3.8, 4) is 6.07 Å². The van der Waals surface area contributed by atoms with E-state index in [4.69, 9.17) is 6.57 Å². The zero-order valence-corrected chi connectivity index (χ0v) is 32.7. The van der Waals surface area contributed by atoms with Crippen molar-refractivity contribution in [3.05, 3.63) is 111 Å². The van der Waals surface area contributed by atoms with Gasteiger partial charge in [-0.05, 0) is 71.9 Å². The average Bonchev–Trinajstić information content (AvgIpc) is 2.90. The molecule has 0 atom stereocenters. The standard InChI is InChI=1S/2C15H21N.C14H22/c1-14(2,3)12-9-8-11(16-7)10-13(12)15(4,5)6;1-14(2,3)12-9-7-8-11(10-16)13(12)15(4,5)6;1-13(2,3)11-9-7-8-10-12(11)14(4,5)6/h8-10H,1-6H3;7-9H,1-6H3;7-10H,1-6H3. The molecule has 3 rings (SSSR count). The van der Waals surface area contributed by atoms with Crippen molar-refractivity contribution in [2.45, 2.75) is 157 Å². The predicted molar refractivity (Wildman–Crippen MR) is 203 cm³/mol. The first-order chi connectivity index (χ1) is 20.6. The van der Waals surface area contributed by atoms with E-state index in [-0.39, 0.29) is 32.5 Å². The van der Waals surface area contributed by atoms with Gasteiger partial charge in [-0.3, -0.25) is 0 Å². The molecular formula is C44H64N2. The van der Waals surface area contributed by atoms with E-state index in [1.165, 1.54) is 33.4 Å². The Bertz CT molecular complexity index is 1480. The maximum atomic E-state index is 9.22. The minimum atomic E-state index is 0.00887. The zero-order chi connectivity index (χ0) is 36.1. The van der Waals surface area contributed by atoms with Crippen molar-refractivity contribution in [1.29, 1.82) is 5.26 Å². The van der Waals surface area contributed by atoms with Gasteiger partial charge in [0.1, 0.15) is 0 Å². The summed E-state index contributed by atoms with van der Waals surface area (Å²) in [7, 11) is 0. The molecule has 250 valence electrons. The maximum absolute atomic E-state index is 9.22. The van der Waals surface area contributed by atoms with Crippen molar-refractivity contribution in [2.75, 3.05) is 0 Å². The summed E-state index contributed by atoms with van der Waals surface area (Å²) in [6, 6.07) is 23.2. The monoisotopic (exact) mass is 621 g/mol. The Morgan fingerprint density at radius 1 is 0.457 bits per heavy atom. The van der Waals surface area contributed by atoms with Crippen LogP contribution in [-0.4, -0.2) is 0 Å². The highest BCUT2D eigenvalue weighted by atomic mass is 14.6. The lowest BCUT2D eigenvalue weighted by molar-refractivity contribution is 0.529. The van der Waals surface area contributed by atoms with Crippen LogP contribution in [0.4, 0.5) is 5.69 Å². The van der Waals surface area contributed by atoms with Crippen molar-refractivity contribution in [1.82, 2.24) is 0 Å². The molecule has 0 aliphatic heterocycles. The fraction of sp³-hybridized carbons (Fsp3) is 0.545. The lowest BCUT2D eigenvalue weighted by Gasteiger charge is -2.30. The van der Waals surface area contributed by atoms with Crippen LogP contribution < -0.4 is 0 Å². The van der Waals surface area contributed by atoms with Crippen LogP contribution in [0.1, 0.15) is 164 Å². The van der Waals surface area contributed by atoms with Crippen LogP contribution in [0.25, 0.3) is 4.85 Å². The minimum Gasteiger partial charge on any atom is -0.238 e. The normalized spacial score (nSPS) is 12.5. The molecule has 46 heavy (non-hydrogen) atoms. The Morgan fingerprint density at radius 3 is 1.15 bits per heavy atom. The molecule has 0 heterocycles. The molecule has 0 radical (unpaired) electrons. The van der Waals surface area contributed by atoms with Gasteiger partial charge in [0, 0.05) is 0 Å². The molecule has 0 saturated carbocycles. The molecule has 0 unspecified atom stereocenters. The maximum Gasteiger partial charge on any atom is 0.187 e. The zero-order valence-electron chi connectivity index (χ0n) is 32.7. The second-order valence-corrected chi connectivity index (χ2v) is 18.7. The Hall–Kier alpha value is -3.36. The van der Waals surface area contributed by atoms with Gasteiger partial charge in [-0.15, -0.1) is 0 Å². The van der Waals surface area contributed by atoms with E-state index in [0.29, 0.717) is 0 Å². The third-order valence-electron chi connectivity index (χ3n) is 8.03.